The van der Waals surface area contributed by atoms with Crippen LogP contribution in [-0.4, -0.2) is 47.1 Å². The molecule has 0 saturated heterocycles. The van der Waals surface area contributed by atoms with Crippen molar-refractivity contribution < 1.29 is 23.8 Å². The summed E-state index contributed by atoms with van der Waals surface area (Å²) < 4.78 is 9.98. The number of ether oxygens (including phenoxy) is 1. The SMILES string of the molecule is COc1cccc(C(=O)NCCNC(=O)c2nc(-c3cccc([N+](=O)[O-])c3)no2)c1. The largest absolute Gasteiger partial charge is 0.497 e. The van der Waals surface area contributed by atoms with Crippen molar-refractivity contribution >= 4 is 17.5 Å². The second-order valence-corrected chi connectivity index (χ2v) is 5.97. The molecule has 0 saturated carbocycles. The Hall–Kier alpha value is -4.28. The molecule has 3 rings (SSSR count). The molecule has 0 aliphatic heterocycles. The quantitative estimate of drug-likeness (QED) is 0.324. The van der Waals surface area contributed by atoms with Crippen LogP contribution in [0, 0.1) is 10.1 Å². The van der Waals surface area contributed by atoms with Gasteiger partial charge in [0.25, 0.3) is 11.6 Å². The van der Waals surface area contributed by atoms with E-state index in [4.69, 9.17) is 9.26 Å². The number of carbonyl (C=O) groups is 2. The summed E-state index contributed by atoms with van der Waals surface area (Å²) in [6, 6.07) is 12.3. The molecule has 0 unspecified atom stereocenters. The van der Waals surface area contributed by atoms with Gasteiger partial charge in [0.05, 0.1) is 12.0 Å². The Morgan fingerprint density at radius 1 is 1.10 bits per heavy atom. The molecule has 11 heteroatoms. The number of nitrogens with zero attached hydrogens (tertiary/aromatic N) is 3. The predicted molar refractivity (Wildman–Crippen MR) is 104 cm³/mol. The summed E-state index contributed by atoms with van der Waals surface area (Å²) in [6.07, 6.45) is 0. The van der Waals surface area contributed by atoms with E-state index in [9.17, 15) is 19.7 Å². The van der Waals surface area contributed by atoms with Gasteiger partial charge in [0.1, 0.15) is 5.75 Å². The summed E-state index contributed by atoms with van der Waals surface area (Å²) >= 11 is 0. The zero-order valence-electron chi connectivity index (χ0n) is 15.8. The summed E-state index contributed by atoms with van der Waals surface area (Å²) in [7, 11) is 1.51. The number of non-ortho nitro benzene ring substituents is 1. The van der Waals surface area contributed by atoms with Gasteiger partial charge in [-0.25, -0.2) is 0 Å². The van der Waals surface area contributed by atoms with Gasteiger partial charge in [-0.3, -0.25) is 19.7 Å². The van der Waals surface area contributed by atoms with E-state index < -0.39 is 10.8 Å². The molecule has 0 aliphatic carbocycles. The number of nitro groups is 1. The molecule has 0 atom stereocenters. The van der Waals surface area contributed by atoms with Gasteiger partial charge in [-0.1, -0.05) is 23.4 Å². The van der Waals surface area contributed by atoms with Crippen LogP contribution in [0.25, 0.3) is 11.4 Å². The van der Waals surface area contributed by atoms with Gasteiger partial charge in [0.2, 0.25) is 5.82 Å². The van der Waals surface area contributed by atoms with Gasteiger partial charge in [0, 0.05) is 36.3 Å². The number of rotatable bonds is 8. The zero-order chi connectivity index (χ0) is 21.5. The lowest BCUT2D eigenvalue weighted by Crippen LogP contribution is -2.34. The number of hydrogen-bond acceptors (Lipinski definition) is 8. The average molecular weight is 411 g/mol. The number of hydrogen-bond donors (Lipinski definition) is 2. The van der Waals surface area contributed by atoms with E-state index in [1.54, 1.807) is 30.3 Å². The van der Waals surface area contributed by atoms with Crippen molar-refractivity contribution in [2.75, 3.05) is 20.2 Å². The van der Waals surface area contributed by atoms with Crippen LogP contribution in [0.1, 0.15) is 21.0 Å². The number of nitrogens with one attached hydrogen (secondary N) is 2. The molecule has 2 N–H and O–H groups in total. The number of amides is 2. The molecule has 3 aromatic rings. The van der Waals surface area contributed by atoms with Gasteiger partial charge in [-0.05, 0) is 18.2 Å². The third-order valence-corrected chi connectivity index (χ3v) is 3.96. The van der Waals surface area contributed by atoms with Crippen molar-refractivity contribution in [3.63, 3.8) is 0 Å². The Morgan fingerprint density at radius 3 is 2.57 bits per heavy atom. The minimum Gasteiger partial charge on any atom is -0.497 e. The molecule has 30 heavy (non-hydrogen) atoms. The summed E-state index contributed by atoms with van der Waals surface area (Å²) in [5.41, 5.74) is 0.645. The predicted octanol–water partition coefficient (Wildman–Crippen LogP) is 1.81. The number of methoxy groups -OCH3 is 1. The lowest BCUT2D eigenvalue weighted by molar-refractivity contribution is -0.384. The minimum atomic E-state index is -0.630. The lowest BCUT2D eigenvalue weighted by atomic mass is 10.2. The summed E-state index contributed by atoms with van der Waals surface area (Å²) in [6.45, 7) is 0.302. The number of nitro benzene ring substituents is 1. The normalized spacial score (nSPS) is 10.3. The van der Waals surface area contributed by atoms with E-state index in [0.717, 1.165) is 0 Å². The van der Waals surface area contributed by atoms with E-state index >= 15 is 0 Å². The highest BCUT2D eigenvalue weighted by molar-refractivity contribution is 5.94. The smallest absolute Gasteiger partial charge is 0.316 e. The number of benzene rings is 2. The zero-order valence-corrected chi connectivity index (χ0v) is 15.8. The molecule has 154 valence electrons. The van der Waals surface area contributed by atoms with Crippen molar-refractivity contribution in [2.24, 2.45) is 0 Å². The monoisotopic (exact) mass is 411 g/mol. The molecule has 2 amide bonds. The highest BCUT2D eigenvalue weighted by Gasteiger charge is 2.17. The standard InChI is InChI=1S/C19H17N5O6/c1-29-15-7-3-5-13(11-15)17(25)20-8-9-21-18(26)19-22-16(23-30-19)12-4-2-6-14(10-12)24(27)28/h2-7,10-11H,8-9H2,1H3,(H,20,25)(H,21,26). The van der Waals surface area contributed by atoms with Crippen LogP contribution in [0.15, 0.2) is 53.1 Å². The van der Waals surface area contributed by atoms with Crippen LogP contribution in [0.5, 0.6) is 5.75 Å². The Kier molecular flexibility index (Phi) is 6.33. The van der Waals surface area contributed by atoms with Crippen molar-refractivity contribution in [1.29, 1.82) is 0 Å². The molecular weight excluding hydrogens is 394 g/mol. The first-order chi connectivity index (χ1) is 14.5. The molecule has 0 radical (unpaired) electrons. The van der Waals surface area contributed by atoms with Crippen LogP contribution in [0.2, 0.25) is 0 Å². The Morgan fingerprint density at radius 2 is 1.83 bits per heavy atom. The highest BCUT2D eigenvalue weighted by atomic mass is 16.6. The fraction of sp³-hybridized carbons (Fsp3) is 0.158. The van der Waals surface area contributed by atoms with Crippen LogP contribution in [-0.2, 0) is 0 Å². The maximum Gasteiger partial charge on any atom is 0.316 e. The molecule has 0 aliphatic rings. The van der Waals surface area contributed by atoms with Crippen molar-refractivity contribution in [3.05, 3.63) is 70.1 Å². The average Bonchev–Trinajstić information content (AvgIpc) is 3.27. The van der Waals surface area contributed by atoms with Crippen molar-refractivity contribution in [3.8, 4) is 17.1 Å². The summed E-state index contributed by atoms with van der Waals surface area (Å²) in [5, 5.41) is 19.7. The van der Waals surface area contributed by atoms with E-state index in [1.807, 2.05) is 0 Å². The van der Waals surface area contributed by atoms with Gasteiger partial charge in [-0.15, -0.1) is 0 Å². The highest BCUT2D eigenvalue weighted by Crippen LogP contribution is 2.21. The Balaban J connectivity index is 1.51. The molecule has 11 nitrogen and oxygen atoms in total. The fourth-order valence-corrected chi connectivity index (χ4v) is 2.49. The van der Waals surface area contributed by atoms with Crippen molar-refractivity contribution in [2.45, 2.75) is 0 Å². The van der Waals surface area contributed by atoms with Crippen LogP contribution < -0.4 is 15.4 Å². The van der Waals surface area contributed by atoms with Gasteiger partial charge < -0.3 is 19.9 Å². The first-order valence-corrected chi connectivity index (χ1v) is 8.77. The van der Waals surface area contributed by atoms with Crippen LogP contribution in [0.4, 0.5) is 5.69 Å². The Labute approximate surface area is 170 Å². The van der Waals surface area contributed by atoms with Crippen molar-refractivity contribution in [1.82, 2.24) is 20.8 Å². The molecule has 0 fully saturated rings. The lowest BCUT2D eigenvalue weighted by Gasteiger charge is -2.07. The Bertz CT molecular complexity index is 1080. The maximum atomic E-state index is 12.1. The third kappa shape index (κ3) is 4.95. The number of aromatic nitrogens is 2. The second-order valence-electron chi connectivity index (χ2n) is 5.97. The first kappa shape index (κ1) is 20.5. The number of carbonyl (C=O) groups excluding carboxylic acids is 2. The molecule has 0 spiro atoms. The third-order valence-electron chi connectivity index (χ3n) is 3.96. The maximum absolute atomic E-state index is 12.1. The van der Waals surface area contributed by atoms with Gasteiger partial charge in [-0.2, -0.15) is 4.98 Å². The van der Waals surface area contributed by atoms with E-state index in [-0.39, 0.29) is 36.4 Å². The van der Waals surface area contributed by atoms with Gasteiger partial charge in [0.15, 0.2) is 0 Å². The van der Waals surface area contributed by atoms with Crippen LogP contribution >= 0.6 is 0 Å². The van der Waals surface area contributed by atoms with E-state index in [2.05, 4.69) is 20.8 Å². The second kappa shape index (κ2) is 9.28. The molecule has 2 aromatic carbocycles. The topological polar surface area (TPSA) is 149 Å². The summed E-state index contributed by atoms with van der Waals surface area (Å²) in [4.78, 5) is 38.5. The van der Waals surface area contributed by atoms with Gasteiger partial charge >= 0.3 is 11.8 Å². The first-order valence-electron chi connectivity index (χ1n) is 8.77. The molecule has 0 bridgehead atoms. The molecule has 1 heterocycles. The van der Waals surface area contributed by atoms with E-state index in [0.29, 0.717) is 16.9 Å². The molecule has 1 aromatic heterocycles. The van der Waals surface area contributed by atoms with E-state index in [1.165, 1.54) is 25.3 Å². The molecular formula is C19H17N5O6. The minimum absolute atomic E-state index is 0.0511. The summed E-state index contributed by atoms with van der Waals surface area (Å²) in [5.74, 6) is -0.624. The van der Waals surface area contributed by atoms with Crippen LogP contribution in [0.3, 0.4) is 0 Å². The fourth-order valence-electron chi connectivity index (χ4n) is 2.49.